The minimum Gasteiger partial charge on any atom is -0.481 e. The van der Waals surface area contributed by atoms with Crippen molar-refractivity contribution < 1.29 is 19.8 Å². The Bertz CT molecular complexity index is 96.7. The Morgan fingerprint density at radius 2 is 1.56 bits per heavy atom. The second kappa shape index (κ2) is 7.29. The molecular weight excluding hydrogens is 144 g/mol. The molecule has 0 aliphatic heterocycles. The lowest BCUT2D eigenvalue weighted by atomic mass is 10.8. The molecule has 0 rings (SSSR count). The van der Waals surface area contributed by atoms with Crippen molar-refractivity contribution in [3.05, 3.63) is 0 Å². The molecule has 0 amide bonds. The average molecular weight is 152 g/mol. The van der Waals surface area contributed by atoms with E-state index in [2.05, 4.69) is 12.6 Å². The maximum atomic E-state index is 9.29. The summed E-state index contributed by atoms with van der Waals surface area (Å²) in [6.07, 6.45) is 0. The van der Waals surface area contributed by atoms with Crippen molar-refractivity contribution in [3.8, 4) is 0 Å². The van der Waals surface area contributed by atoms with Gasteiger partial charge in [-0.1, -0.05) is 0 Å². The third-order valence-corrected chi connectivity index (χ3v) is 0.406. The first-order valence-electron chi connectivity index (χ1n) is 2.03. The van der Waals surface area contributed by atoms with Crippen molar-refractivity contribution >= 4 is 24.6 Å². The minimum atomic E-state index is -0.881. The molecule has 0 aromatic rings. The van der Waals surface area contributed by atoms with Crippen LogP contribution in [-0.4, -0.2) is 27.9 Å². The molecule has 0 aromatic carbocycles. The van der Waals surface area contributed by atoms with Gasteiger partial charge in [-0.2, -0.15) is 12.6 Å². The van der Waals surface area contributed by atoms with Crippen LogP contribution in [0, 0.1) is 0 Å². The molecule has 0 radical (unpaired) electrons. The fourth-order valence-electron chi connectivity index (χ4n) is 0. The maximum absolute atomic E-state index is 9.29. The van der Waals surface area contributed by atoms with Crippen LogP contribution in [0.1, 0.15) is 6.92 Å². The van der Waals surface area contributed by atoms with E-state index in [1.807, 2.05) is 0 Å². The highest BCUT2D eigenvalue weighted by Crippen LogP contribution is 1.66. The molecule has 0 unspecified atom stereocenters. The number of aliphatic carboxylic acids is 2. The van der Waals surface area contributed by atoms with E-state index in [-0.39, 0.29) is 5.75 Å². The molecule has 0 fully saturated rings. The van der Waals surface area contributed by atoms with Crippen LogP contribution >= 0.6 is 12.6 Å². The third-order valence-electron chi connectivity index (χ3n) is 0.135. The Labute approximate surface area is 57.9 Å². The standard InChI is InChI=1S/C2H4O2S.C2H4O2/c3-2(4)1-5;1-2(3)4/h5H,1H2,(H,3,4);1H3,(H,3,4). The number of thiol groups is 1. The quantitative estimate of drug-likeness (QED) is 0.465. The molecule has 0 spiro atoms. The first-order chi connectivity index (χ1) is 4.00. The first-order valence-corrected chi connectivity index (χ1v) is 2.66. The van der Waals surface area contributed by atoms with Crippen LogP contribution < -0.4 is 0 Å². The molecule has 0 heterocycles. The van der Waals surface area contributed by atoms with Gasteiger partial charge in [-0.3, -0.25) is 9.59 Å². The smallest absolute Gasteiger partial charge is 0.313 e. The van der Waals surface area contributed by atoms with Crippen LogP contribution in [0.25, 0.3) is 0 Å². The summed E-state index contributed by atoms with van der Waals surface area (Å²) < 4.78 is 0. The third kappa shape index (κ3) is 123. The lowest BCUT2D eigenvalue weighted by molar-refractivity contribution is -0.135. The fourth-order valence-corrected chi connectivity index (χ4v) is 0. The zero-order valence-corrected chi connectivity index (χ0v) is 5.76. The predicted molar refractivity (Wildman–Crippen MR) is 34.8 cm³/mol. The van der Waals surface area contributed by atoms with E-state index in [9.17, 15) is 4.79 Å². The minimum absolute atomic E-state index is 0.0833. The van der Waals surface area contributed by atoms with Crippen molar-refractivity contribution in [3.63, 3.8) is 0 Å². The molecule has 0 aliphatic rings. The van der Waals surface area contributed by atoms with Crippen LogP contribution in [0.5, 0.6) is 0 Å². The molecule has 0 saturated carbocycles. The molecule has 0 aromatic heterocycles. The number of carboxylic acids is 2. The Morgan fingerprint density at radius 3 is 1.56 bits per heavy atom. The van der Waals surface area contributed by atoms with Gasteiger partial charge in [-0.25, -0.2) is 0 Å². The molecule has 54 valence electrons. The highest BCUT2D eigenvalue weighted by Gasteiger charge is 1.81. The van der Waals surface area contributed by atoms with Crippen molar-refractivity contribution in [1.82, 2.24) is 0 Å². The first kappa shape index (κ1) is 11.1. The van der Waals surface area contributed by atoms with E-state index in [0.717, 1.165) is 6.92 Å². The lowest BCUT2D eigenvalue weighted by Crippen LogP contribution is -1.92. The summed E-state index contributed by atoms with van der Waals surface area (Å²) in [5, 5.41) is 15.1. The van der Waals surface area contributed by atoms with Crippen molar-refractivity contribution in [2.75, 3.05) is 5.75 Å². The van der Waals surface area contributed by atoms with E-state index in [4.69, 9.17) is 15.0 Å². The number of hydrogen-bond donors (Lipinski definition) is 3. The van der Waals surface area contributed by atoms with E-state index in [1.54, 1.807) is 0 Å². The predicted octanol–water partition coefficient (Wildman–Crippen LogP) is 0.0917. The van der Waals surface area contributed by atoms with Gasteiger partial charge in [0, 0.05) is 6.92 Å². The number of carbonyl (C=O) groups is 2. The molecule has 2 N–H and O–H groups in total. The van der Waals surface area contributed by atoms with Gasteiger partial charge in [0.15, 0.2) is 0 Å². The van der Waals surface area contributed by atoms with E-state index >= 15 is 0 Å². The topological polar surface area (TPSA) is 74.6 Å². The summed E-state index contributed by atoms with van der Waals surface area (Å²) >= 11 is 3.42. The van der Waals surface area contributed by atoms with E-state index in [0.29, 0.717) is 0 Å². The van der Waals surface area contributed by atoms with Crippen LogP contribution in [0.2, 0.25) is 0 Å². The highest BCUT2D eigenvalue weighted by molar-refractivity contribution is 7.81. The largest absolute Gasteiger partial charge is 0.481 e. The van der Waals surface area contributed by atoms with Crippen molar-refractivity contribution in [2.24, 2.45) is 0 Å². The number of hydrogen-bond acceptors (Lipinski definition) is 3. The van der Waals surface area contributed by atoms with Crippen molar-refractivity contribution in [1.29, 1.82) is 0 Å². The molecule has 0 aliphatic carbocycles. The van der Waals surface area contributed by atoms with Gasteiger partial charge in [0.05, 0.1) is 5.75 Å². The summed E-state index contributed by atoms with van der Waals surface area (Å²) in [5.74, 6) is -1.80. The highest BCUT2D eigenvalue weighted by atomic mass is 32.1. The summed E-state index contributed by atoms with van der Waals surface area (Å²) in [5.41, 5.74) is 0. The lowest BCUT2D eigenvalue weighted by Gasteiger charge is -1.71. The van der Waals surface area contributed by atoms with Gasteiger partial charge in [0.2, 0.25) is 0 Å². The summed E-state index contributed by atoms with van der Waals surface area (Å²) in [6, 6.07) is 0. The van der Waals surface area contributed by atoms with E-state index in [1.165, 1.54) is 0 Å². The normalized spacial score (nSPS) is 6.89. The zero-order chi connectivity index (χ0) is 7.86. The van der Waals surface area contributed by atoms with Crippen LogP contribution in [0.15, 0.2) is 0 Å². The van der Waals surface area contributed by atoms with Gasteiger partial charge in [-0.05, 0) is 0 Å². The fraction of sp³-hybridized carbons (Fsp3) is 0.500. The van der Waals surface area contributed by atoms with Gasteiger partial charge in [-0.15, -0.1) is 0 Å². The van der Waals surface area contributed by atoms with Crippen LogP contribution in [0.4, 0.5) is 0 Å². The molecule has 0 atom stereocenters. The zero-order valence-electron chi connectivity index (χ0n) is 4.87. The molecule has 0 bridgehead atoms. The van der Waals surface area contributed by atoms with Gasteiger partial charge < -0.3 is 10.2 Å². The molecule has 5 heteroatoms. The number of rotatable bonds is 1. The molecule has 9 heavy (non-hydrogen) atoms. The van der Waals surface area contributed by atoms with Gasteiger partial charge in [0.25, 0.3) is 5.97 Å². The number of carboxylic acid groups (broad SMARTS) is 2. The summed E-state index contributed by atoms with van der Waals surface area (Å²) in [7, 11) is 0. The monoisotopic (exact) mass is 152 g/mol. The Balaban J connectivity index is 0. The maximum Gasteiger partial charge on any atom is 0.313 e. The van der Waals surface area contributed by atoms with E-state index < -0.39 is 11.9 Å². The Hall–Kier alpha value is -0.710. The molecular formula is C4H8O4S. The Kier molecular flexibility index (Phi) is 9.02. The summed E-state index contributed by atoms with van der Waals surface area (Å²) in [4.78, 5) is 18.3. The molecule has 0 saturated heterocycles. The average Bonchev–Trinajstić information content (AvgIpc) is 1.65. The van der Waals surface area contributed by atoms with Crippen LogP contribution in [-0.2, 0) is 9.59 Å². The SMILES string of the molecule is CC(=O)O.O=C(O)CS. The van der Waals surface area contributed by atoms with Gasteiger partial charge in [0.1, 0.15) is 0 Å². The summed E-state index contributed by atoms with van der Waals surface area (Å²) in [6.45, 7) is 1.08. The van der Waals surface area contributed by atoms with Gasteiger partial charge >= 0.3 is 5.97 Å². The molecule has 4 nitrogen and oxygen atoms in total. The Morgan fingerprint density at radius 1 is 1.44 bits per heavy atom. The second-order valence-electron chi connectivity index (χ2n) is 1.07. The van der Waals surface area contributed by atoms with Crippen molar-refractivity contribution in [2.45, 2.75) is 6.92 Å². The second-order valence-corrected chi connectivity index (χ2v) is 1.39. The van der Waals surface area contributed by atoms with Crippen LogP contribution in [0.3, 0.4) is 0 Å².